The molecular formula is C15H15NO4. The lowest BCUT2D eigenvalue weighted by atomic mass is 9.90. The molecule has 0 aliphatic heterocycles. The van der Waals surface area contributed by atoms with Crippen molar-refractivity contribution in [3.8, 4) is 11.8 Å². The van der Waals surface area contributed by atoms with Crippen molar-refractivity contribution in [2.45, 2.75) is 14.9 Å². The SMILES string of the molecule is C.C.N#Cc1cccc(O)c1C1=C(O)C=CC(=O)C1=O. The second kappa shape index (κ2) is 6.34. The summed E-state index contributed by atoms with van der Waals surface area (Å²) in [5.74, 6) is -2.55. The summed E-state index contributed by atoms with van der Waals surface area (Å²) in [7, 11) is 0. The van der Waals surface area contributed by atoms with Crippen molar-refractivity contribution >= 4 is 17.1 Å². The van der Waals surface area contributed by atoms with Gasteiger partial charge in [-0.25, -0.2) is 0 Å². The number of rotatable bonds is 1. The molecule has 1 aliphatic carbocycles. The average Bonchev–Trinajstić information content (AvgIpc) is 2.36. The second-order valence-electron chi connectivity index (χ2n) is 3.60. The summed E-state index contributed by atoms with van der Waals surface area (Å²) in [6.07, 6.45) is 2.00. The molecule has 1 aromatic carbocycles. The lowest BCUT2D eigenvalue weighted by molar-refractivity contribution is -0.130. The van der Waals surface area contributed by atoms with Crippen LogP contribution in [-0.4, -0.2) is 21.8 Å². The van der Waals surface area contributed by atoms with Crippen LogP contribution in [0.4, 0.5) is 0 Å². The number of aliphatic hydroxyl groups excluding tert-OH is 1. The van der Waals surface area contributed by atoms with Crippen LogP contribution in [0.5, 0.6) is 5.75 Å². The predicted octanol–water partition coefficient (Wildman–Crippen LogP) is 2.51. The van der Waals surface area contributed by atoms with Crippen molar-refractivity contribution in [2.24, 2.45) is 0 Å². The summed E-state index contributed by atoms with van der Waals surface area (Å²) in [4.78, 5) is 23.0. The zero-order valence-corrected chi connectivity index (χ0v) is 9.04. The molecule has 0 heterocycles. The Morgan fingerprint density at radius 3 is 2.30 bits per heavy atom. The molecule has 5 nitrogen and oxygen atoms in total. The number of carbonyl (C=O) groups is 2. The van der Waals surface area contributed by atoms with E-state index in [-0.39, 0.29) is 37.3 Å². The van der Waals surface area contributed by atoms with Gasteiger partial charge >= 0.3 is 0 Å². The molecule has 0 spiro atoms. The summed E-state index contributed by atoms with van der Waals surface area (Å²) in [6, 6.07) is 5.88. The lowest BCUT2D eigenvalue weighted by Crippen LogP contribution is -2.18. The molecule has 5 heteroatoms. The molecule has 1 aliphatic rings. The Morgan fingerprint density at radius 1 is 1.05 bits per heavy atom. The van der Waals surface area contributed by atoms with E-state index in [1.807, 2.05) is 0 Å². The van der Waals surface area contributed by atoms with E-state index in [0.717, 1.165) is 12.2 Å². The van der Waals surface area contributed by atoms with E-state index in [1.54, 1.807) is 6.07 Å². The van der Waals surface area contributed by atoms with Gasteiger partial charge in [-0.3, -0.25) is 9.59 Å². The number of allylic oxidation sites excluding steroid dienone is 3. The van der Waals surface area contributed by atoms with Gasteiger partial charge in [-0.15, -0.1) is 0 Å². The van der Waals surface area contributed by atoms with E-state index < -0.39 is 17.3 Å². The van der Waals surface area contributed by atoms with Gasteiger partial charge in [0.05, 0.1) is 17.2 Å². The molecule has 0 atom stereocenters. The van der Waals surface area contributed by atoms with E-state index in [0.29, 0.717) is 0 Å². The quantitative estimate of drug-likeness (QED) is 0.605. The number of aromatic hydroxyl groups is 1. The van der Waals surface area contributed by atoms with Crippen LogP contribution in [0, 0.1) is 11.3 Å². The molecule has 0 unspecified atom stereocenters. The van der Waals surface area contributed by atoms with Crippen molar-refractivity contribution in [3.05, 3.63) is 47.2 Å². The van der Waals surface area contributed by atoms with Crippen LogP contribution >= 0.6 is 0 Å². The van der Waals surface area contributed by atoms with Crippen LogP contribution in [0.15, 0.2) is 36.1 Å². The third-order valence-electron chi connectivity index (χ3n) is 2.51. The zero-order valence-electron chi connectivity index (χ0n) is 9.04. The zero-order chi connectivity index (χ0) is 13.3. The van der Waals surface area contributed by atoms with Crippen molar-refractivity contribution in [3.63, 3.8) is 0 Å². The van der Waals surface area contributed by atoms with Crippen LogP contribution in [0.1, 0.15) is 26.0 Å². The first kappa shape index (κ1) is 17.1. The minimum atomic E-state index is -0.951. The molecule has 20 heavy (non-hydrogen) atoms. The van der Waals surface area contributed by atoms with E-state index in [1.165, 1.54) is 18.2 Å². The molecular weight excluding hydrogens is 258 g/mol. The topological polar surface area (TPSA) is 98.4 Å². The van der Waals surface area contributed by atoms with Crippen molar-refractivity contribution < 1.29 is 19.8 Å². The number of phenolic OH excluding ortho intramolecular Hbond substituents is 1. The minimum Gasteiger partial charge on any atom is -0.507 e. The van der Waals surface area contributed by atoms with E-state index in [4.69, 9.17) is 5.26 Å². The Bertz CT molecular complexity index is 663. The number of benzene rings is 1. The standard InChI is InChI=1S/C13H7NO4.2CH4/c14-6-7-2-1-3-8(15)11(7)12-9(16)4-5-10(17)13(12)18;;/h1-5,15-16H;2*1H4. The first-order valence-electron chi connectivity index (χ1n) is 4.98. The fourth-order valence-electron chi connectivity index (χ4n) is 1.69. The van der Waals surface area contributed by atoms with Crippen molar-refractivity contribution in [2.75, 3.05) is 0 Å². The monoisotopic (exact) mass is 273 g/mol. The molecule has 2 rings (SSSR count). The second-order valence-corrected chi connectivity index (χ2v) is 3.60. The number of carbonyl (C=O) groups excluding carboxylic acids is 2. The fraction of sp³-hybridized carbons (Fsp3) is 0.133. The number of ketones is 2. The van der Waals surface area contributed by atoms with Crippen molar-refractivity contribution in [1.82, 2.24) is 0 Å². The van der Waals surface area contributed by atoms with Gasteiger partial charge in [0.25, 0.3) is 0 Å². The largest absolute Gasteiger partial charge is 0.507 e. The highest BCUT2D eigenvalue weighted by Crippen LogP contribution is 2.32. The normalized spacial score (nSPS) is 13.3. The van der Waals surface area contributed by atoms with Gasteiger partial charge in [-0.05, 0) is 24.3 Å². The van der Waals surface area contributed by atoms with Gasteiger partial charge in [0, 0.05) is 5.56 Å². The van der Waals surface area contributed by atoms with Crippen molar-refractivity contribution in [1.29, 1.82) is 5.26 Å². The molecule has 0 radical (unpaired) electrons. The highest BCUT2D eigenvalue weighted by molar-refractivity contribution is 6.58. The molecule has 0 amide bonds. The number of phenols is 1. The van der Waals surface area contributed by atoms with Crippen LogP contribution in [0.3, 0.4) is 0 Å². The number of Topliss-reactive ketones (excluding diaryl/α,β-unsaturated/α-hetero) is 1. The van der Waals surface area contributed by atoms with E-state index in [9.17, 15) is 19.8 Å². The lowest BCUT2D eigenvalue weighted by Gasteiger charge is -2.12. The van der Waals surface area contributed by atoms with Crippen LogP contribution in [0.2, 0.25) is 0 Å². The van der Waals surface area contributed by atoms with Gasteiger partial charge in [-0.1, -0.05) is 20.9 Å². The maximum atomic E-state index is 11.7. The molecule has 0 aromatic heterocycles. The van der Waals surface area contributed by atoms with Gasteiger partial charge in [0.2, 0.25) is 11.6 Å². The number of nitriles is 1. The Hall–Kier alpha value is -2.87. The molecule has 1 aromatic rings. The van der Waals surface area contributed by atoms with Crippen LogP contribution in [0.25, 0.3) is 5.57 Å². The third-order valence-corrected chi connectivity index (χ3v) is 2.51. The van der Waals surface area contributed by atoms with Gasteiger partial charge in [-0.2, -0.15) is 5.26 Å². The van der Waals surface area contributed by atoms with Gasteiger partial charge in [0.15, 0.2) is 0 Å². The molecule has 0 fully saturated rings. The number of hydrogen-bond acceptors (Lipinski definition) is 5. The molecule has 0 bridgehead atoms. The summed E-state index contributed by atoms with van der Waals surface area (Å²) in [5.41, 5.74) is -0.467. The smallest absolute Gasteiger partial charge is 0.237 e. The van der Waals surface area contributed by atoms with E-state index >= 15 is 0 Å². The Kier molecular flexibility index (Phi) is 5.43. The highest BCUT2D eigenvalue weighted by atomic mass is 16.3. The summed E-state index contributed by atoms with van der Waals surface area (Å²) < 4.78 is 0. The Labute approximate surface area is 117 Å². The fourth-order valence-corrected chi connectivity index (χ4v) is 1.69. The van der Waals surface area contributed by atoms with E-state index in [2.05, 4.69) is 0 Å². The Balaban J connectivity index is 0.00000180. The number of hydrogen-bond donors (Lipinski definition) is 2. The first-order chi connectivity index (χ1) is 8.56. The maximum absolute atomic E-state index is 11.7. The highest BCUT2D eigenvalue weighted by Gasteiger charge is 2.29. The third kappa shape index (κ3) is 2.59. The van der Waals surface area contributed by atoms with Gasteiger partial charge < -0.3 is 10.2 Å². The molecule has 2 N–H and O–H groups in total. The number of nitrogens with zero attached hydrogens (tertiary/aromatic N) is 1. The van der Waals surface area contributed by atoms with Gasteiger partial charge in [0.1, 0.15) is 11.5 Å². The maximum Gasteiger partial charge on any atom is 0.237 e. The summed E-state index contributed by atoms with van der Waals surface area (Å²) in [5, 5.41) is 28.3. The number of aliphatic hydroxyl groups is 1. The summed E-state index contributed by atoms with van der Waals surface area (Å²) >= 11 is 0. The molecule has 0 saturated carbocycles. The molecule has 0 saturated heterocycles. The average molecular weight is 273 g/mol. The van der Waals surface area contributed by atoms with Crippen LogP contribution in [-0.2, 0) is 9.59 Å². The minimum absolute atomic E-state index is 0. The predicted molar refractivity (Wildman–Crippen MR) is 75.0 cm³/mol. The first-order valence-corrected chi connectivity index (χ1v) is 4.98. The molecule has 104 valence electrons. The summed E-state index contributed by atoms with van der Waals surface area (Å²) in [6.45, 7) is 0. The van der Waals surface area contributed by atoms with Crippen LogP contribution < -0.4 is 0 Å². The Morgan fingerprint density at radius 2 is 1.70 bits per heavy atom.